The highest BCUT2D eigenvalue weighted by molar-refractivity contribution is 14.1. The molecule has 1 aromatic carbocycles. The molecule has 0 fully saturated rings. The van der Waals surface area contributed by atoms with Crippen molar-refractivity contribution in [3.05, 3.63) is 33.4 Å². The molecule has 0 aliphatic carbocycles. The van der Waals surface area contributed by atoms with Crippen LogP contribution in [0, 0.1) is 9.49 Å². The Morgan fingerprint density at radius 1 is 1.25 bits per heavy atom. The topological polar surface area (TPSA) is 20.2 Å². The predicted octanol–water partition coefficient (Wildman–Crippen LogP) is 4.33. The third-order valence-electron chi connectivity index (χ3n) is 2.91. The van der Waals surface area contributed by atoms with Crippen LogP contribution in [0.25, 0.3) is 0 Å². The summed E-state index contributed by atoms with van der Waals surface area (Å²) in [6.45, 7) is 6.36. The van der Waals surface area contributed by atoms with Crippen LogP contribution >= 0.6 is 22.6 Å². The molecule has 0 radical (unpaired) electrons. The molecule has 16 heavy (non-hydrogen) atoms. The van der Waals surface area contributed by atoms with E-state index in [1.54, 1.807) is 0 Å². The van der Waals surface area contributed by atoms with Crippen molar-refractivity contribution in [2.75, 3.05) is 0 Å². The van der Waals surface area contributed by atoms with Crippen LogP contribution in [0.3, 0.4) is 0 Å². The van der Waals surface area contributed by atoms with Gasteiger partial charge in [-0.15, -0.1) is 0 Å². The van der Waals surface area contributed by atoms with Crippen molar-refractivity contribution in [1.29, 1.82) is 0 Å². The minimum Gasteiger partial charge on any atom is -0.385 e. The van der Waals surface area contributed by atoms with Crippen LogP contribution in [-0.4, -0.2) is 5.11 Å². The highest BCUT2D eigenvalue weighted by Crippen LogP contribution is 2.27. The van der Waals surface area contributed by atoms with E-state index in [0.29, 0.717) is 5.92 Å². The van der Waals surface area contributed by atoms with Gasteiger partial charge in [0, 0.05) is 3.57 Å². The minimum atomic E-state index is -0.681. The number of rotatable bonds is 5. The van der Waals surface area contributed by atoms with E-state index in [9.17, 15) is 5.11 Å². The van der Waals surface area contributed by atoms with E-state index in [4.69, 9.17) is 0 Å². The first kappa shape index (κ1) is 14.0. The van der Waals surface area contributed by atoms with Gasteiger partial charge >= 0.3 is 0 Å². The fourth-order valence-electron chi connectivity index (χ4n) is 1.81. The number of hydrogen-bond donors (Lipinski definition) is 1. The Hall–Kier alpha value is -0.0900. The molecule has 0 heterocycles. The quantitative estimate of drug-likeness (QED) is 0.796. The standard InChI is InChI=1S/C14H21IO/c1-11(2)5-4-10-14(3,16)12-6-8-13(15)9-7-12/h6-9,11,16H,4-5,10H2,1-3H3. The summed E-state index contributed by atoms with van der Waals surface area (Å²) in [4.78, 5) is 0. The van der Waals surface area contributed by atoms with Crippen molar-refractivity contribution in [3.63, 3.8) is 0 Å². The maximum absolute atomic E-state index is 10.4. The molecule has 0 spiro atoms. The molecule has 90 valence electrons. The van der Waals surface area contributed by atoms with Gasteiger partial charge in [0.25, 0.3) is 0 Å². The van der Waals surface area contributed by atoms with Gasteiger partial charge in [0.15, 0.2) is 0 Å². The molecule has 1 nitrogen and oxygen atoms in total. The predicted molar refractivity (Wildman–Crippen MR) is 77.4 cm³/mol. The number of benzene rings is 1. The molecule has 0 saturated heterocycles. The Balaban J connectivity index is 2.59. The lowest BCUT2D eigenvalue weighted by Crippen LogP contribution is -2.21. The Morgan fingerprint density at radius 3 is 2.31 bits per heavy atom. The van der Waals surface area contributed by atoms with Crippen LogP contribution in [0.2, 0.25) is 0 Å². The SMILES string of the molecule is CC(C)CCCC(C)(O)c1ccc(I)cc1. The van der Waals surface area contributed by atoms with Crippen molar-refractivity contribution >= 4 is 22.6 Å². The summed E-state index contributed by atoms with van der Waals surface area (Å²) in [5, 5.41) is 10.4. The molecule has 0 aliphatic rings. The Labute approximate surface area is 112 Å². The fraction of sp³-hybridized carbons (Fsp3) is 0.571. The summed E-state index contributed by atoms with van der Waals surface area (Å²) < 4.78 is 1.21. The summed E-state index contributed by atoms with van der Waals surface area (Å²) in [5.41, 5.74) is 0.343. The molecular weight excluding hydrogens is 311 g/mol. The van der Waals surface area contributed by atoms with Gasteiger partial charge in [0.05, 0.1) is 5.60 Å². The first-order chi connectivity index (χ1) is 7.42. The number of hydrogen-bond acceptors (Lipinski definition) is 1. The second kappa shape index (κ2) is 6.01. The van der Waals surface area contributed by atoms with Crippen LogP contribution in [0.15, 0.2) is 24.3 Å². The third kappa shape index (κ3) is 4.42. The summed E-state index contributed by atoms with van der Waals surface area (Å²) in [6, 6.07) is 8.15. The first-order valence-electron chi connectivity index (χ1n) is 5.90. The number of halogens is 1. The molecule has 1 aromatic rings. The van der Waals surface area contributed by atoms with E-state index in [2.05, 4.69) is 36.4 Å². The summed E-state index contributed by atoms with van der Waals surface area (Å²) in [7, 11) is 0. The van der Waals surface area contributed by atoms with Crippen molar-refractivity contribution in [2.24, 2.45) is 5.92 Å². The average Bonchev–Trinajstić information content (AvgIpc) is 2.17. The fourth-order valence-corrected chi connectivity index (χ4v) is 2.17. The second-order valence-corrected chi connectivity index (χ2v) is 6.31. The van der Waals surface area contributed by atoms with Crippen LogP contribution in [0.4, 0.5) is 0 Å². The lowest BCUT2D eigenvalue weighted by atomic mass is 9.89. The van der Waals surface area contributed by atoms with E-state index >= 15 is 0 Å². The maximum atomic E-state index is 10.4. The molecule has 0 amide bonds. The van der Waals surface area contributed by atoms with E-state index in [1.165, 1.54) is 9.99 Å². The third-order valence-corrected chi connectivity index (χ3v) is 3.63. The summed E-state index contributed by atoms with van der Waals surface area (Å²) in [6.07, 6.45) is 3.10. The van der Waals surface area contributed by atoms with Gasteiger partial charge in [-0.2, -0.15) is 0 Å². The molecule has 1 unspecified atom stereocenters. The van der Waals surface area contributed by atoms with Crippen LogP contribution in [0.1, 0.15) is 45.6 Å². The first-order valence-corrected chi connectivity index (χ1v) is 6.98. The lowest BCUT2D eigenvalue weighted by Gasteiger charge is -2.24. The van der Waals surface area contributed by atoms with Gasteiger partial charge in [0.2, 0.25) is 0 Å². The zero-order chi connectivity index (χ0) is 12.2. The molecule has 0 aliphatic heterocycles. The Kier molecular flexibility index (Phi) is 5.25. The van der Waals surface area contributed by atoms with Crippen LogP contribution in [-0.2, 0) is 5.60 Å². The normalized spacial score (nSPS) is 15.1. The molecule has 0 aromatic heterocycles. The Morgan fingerprint density at radius 2 is 1.81 bits per heavy atom. The van der Waals surface area contributed by atoms with E-state index in [1.807, 2.05) is 31.2 Å². The molecule has 1 rings (SSSR count). The zero-order valence-electron chi connectivity index (χ0n) is 10.3. The Bertz CT molecular complexity index is 314. The van der Waals surface area contributed by atoms with Gasteiger partial charge in [-0.05, 0) is 66.0 Å². The van der Waals surface area contributed by atoms with Crippen LogP contribution < -0.4 is 0 Å². The van der Waals surface area contributed by atoms with Crippen molar-refractivity contribution in [1.82, 2.24) is 0 Å². The van der Waals surface area contributed by atoms with Gasteiger partial charge < -0.3 is 5.11 Å². The van der Waals surface area contributed by atoms with Crippen molar-refractivity contribution in [3.8, 4) is 0 Å². The van der Waals surface area contributed by atoms with Gasteiger partial charge in [-0.3, -0.25) is 0 Å². The zero-order valence-corrected chi connectivity index (χ0v) is 12.5. The van der Waals surface area contributed by atoms with E-state index in [-0.39, 0.29) is 0 Å². The largest absolute Gasteiger partial charge is 0.385 e. The molecule has 1 atom stereocenters. The minimum absolute atomic E-state index is 0.681. The molecule has 0 bridgehead atoms. The summed E-state index contributed by atoms with van der Waals surface area (Å²) in [5.74, 6) is 0.715. The number of aliphatic hydroxyl groups is 1. The monoisotopic (exact) mass is 332 g/mol. The van der Waals surface area contributed by atoms with E-state index in [0.717, 1.165) is 18.4 Å². The highest BCUT2D eigenvalue weighted by atomic mass is 127. The molecule has 0 saturated carbocycles. The van der Waals surface area contributed by atoms with Crippen molar-refractivity contribution in [2.45, 2.75) is 45.6 Å². The average molecular weight is 332 g/mol. The maximum Gasteiger partial charge on any atom is 0.0868 e. The van der Waals surface area contributed by atoms with Gasteiger partial charge in [-0.1, -0.05) is 32.4 Å². The molecule has 2 heteroatoms. The van der Waals surface area contributed by atoms with Gasteiger partial charge in [0.1, 0.15) is 0 Å². The highest BCUT2D eigenvalue weighted by Gasteiger charge is 2.22. The van der Waals surface area contributed by atoms with Gasteiger partial charge in [-0.25, -0.2) is 0 Å². The van der Waals surface area contributed by atoms with E-state index < -0.39 is 5.60 Å². The molecular formula is C14H21IO. The van der Waals surface area contributed by atoms with Crippen LogP contribution in [0.5, 0.6) is 0 Å². The summed E-state index contributed by atoms with van der Waals surface area (Å²) >= 11 is 2.28. The van der Waals surface area contributed by atoms with Crippen molar-refractivity contribution < 1.29 is 5.11 Å². The smallest absolute Gasteiger partial charge is 0.0868 e. The lowest BCUT2D eigenvalue weighted by molar-refractivity contribution is 0.0441. The second-order valence-electron chi connectivity index (χ2n) is 5.07. The molecule has 1 N–H and O–H groups in total.